The second-order valence-corrected chi connectivity index (χ2v) is 8.68. The molecule has 1 aromatic heterocycles. The van der Waals surface area contributed by atoms with Gasteiger partial charge in [-0.3, -0.25) is 0 Å². The van der Waals surface area contributed by atoms with Gasteiger partial charge >= 0.3 is 5.97 Å². The molecule has 2 aliphatic heterocycles. The highest BCUT2D eigenvalue weighted by atomic mass is 32.2. The van der Waals surface area contributed by atoms with Gasteiger partial charge in [0.15, 0.2) is 0 Å². The number of hydrogen-bond acceptors (Lipinski definition) is 6. The Labute approximate surface area is 132 Å². The number of carboxylic acid groups (broad SMARTS) is 1. The van der Waals surface area contributed by atoms with Crippen LogP contribution in [0.2, 0.25) is 0 Å². The molecule has 7 nitrogen and oxygen atoms in total. The largest absolute Gasteiger partial charge is 0.477 e. The van der Waals surface area contributed by atoms with E-state index >= 15 is 0 Å². The van der Waals surface area contributed by atoms with E-state index in [1.54, 1.807) is 6.92 Å². The molecule has 0 saturated carbocycles. The second-order valence-electron chi connectivity index (χ2n) is 5.54. The van der Waals surface area contributed by atoms with Gasteiger partial charge in [-0.05, 0) is 25.0 Å². The molecule has 3 heterocycles. The minimum absolute atomic E-state index is 0.0588. The molecule has 0 amide bonds. The minimum Gasteiger partial charge on any atom is -0.477 e. The average Bonchev–Trinajstić information content (AvgIpc) is 2.68. The number of aromatic carboxylic acids is 1. The number of aryl methyl sites for hydroxylation is 1. The van der Waals surface area contributed by atoms with E-state index in [0.29, 0.717) is 38.4 Å². The van der Waals surface area contributed by atoms with Gasteiger partial charge in [0.05, 0.1) is 25.4 Å². The van der Waals surface area contributed by atoms with Crippen molar-refractivity contribution in [3.63, 3.8) is 0 Å². The van der Waals surface area contributed by atoms with Gasteiger partial charge < -0.3 is 14.6 Å². The van der Waals surface area contributed by atoms with Crippen molar-refractivity contribution in [2.24, 2.45) is 0 Å². The molecule has 0 aromatic carbocycles. The van der Waals surface area contributed by atoms with E-state index in [4.69, 9.17) is 14.6 Å². The van der Waals surface area contributed by atoms with Gasteiger partial charge in [-0.2, -0.15) is 4.31 Å². The molecule has 3 rings (SSSR count). The van der Waals surface area contributed by atoms with E-state index in [2.05, 4.69) is 0 Å². The van der Waals surface area contributed by atoms with Crippen LogP contribution in [0.15, 0.2) is 10.3 Å². The van der Waals surface area contributed by atoms with Crippen LogP contribution in [0.4, 0.5) is 0 Å². The number of hydrogen-bond donors (Lipinski definition) is 1. The number of carboxylic acids is 1. The highest BCUT2D eigenvalue weighted by molar-refractivity contribution is 7.91. The SMILES string of the molecule is Cc1cc(S(=O)(=O)N2CCOCCC23COC3)sc1C(=O)O. The Bertz CT molecular complexity index is 691. The molecule has 0 radical (unpaired) electrons. The van der Waals surface area contributed by atoms with Gasteiger partial charge in [-0.15, -0.1) is 11.3 Å². The number of rotatable bonds is 3. The first-order valence-corrected chi connectivity index (χ1v) is 9.15. The second kappa shape index (κ2) is 5.57. The fourth-order valence-corrected chi connectivity index (χ4v) is 6.03. The molecule has 1 aromatic rings. The Kier molecular flexibility index (Phi) is 4.02. The van der Waals surface area contributed by atoms with Crippen molar-refractivity contribution >= 4 is 27.3 Å². The normalized spacial score (nSPS) is 22.2. The van der Waals surface area contributed by atoms with E-state index in [0.717, 1.165) is 11.3 Å². The molecule has 1 N–H and O–H groups in total. The smallest absolute Gasteiger partial charge is 0.346 e. The summed E-state index contributed by atoms with van der Waals surface area (Å²) >= 11 is 0.800. The van der Waals surface area contributed by atoms with E-state index in [1.165, 1.54) is 10.4 Å². The van der Waals surface area contributed by atoms with E-state index in [-0.39, 0.29) is 15.6 Å². The molecule has 1 spiro atoms. The molecule has 2 aliphatic rings. The zero-order chi connectivity index (χ0) is 16.0. The minimum atomic E-state index is -3.76. The van der Waals surface area contributed by atoms with Gasteiger partial charge in [0.25, 0.3) is 10.0 Å². The summed E-state index contributed by atoms with van der Waals surface area (Å²) in [4.78, 5) is 11.2. The summed E-state index contributed by atoms with van der Waals surface area (Å²) in [7, 11) is -3.76. The fourth-order valence-electron chi connectivity index (χ4n) is 2.78. The molecule has 0 atom stereocenters. The van der Waals surface area contributed by atoms with Crippen molar-refractivity contribution < 1.29 is 27.8 Å². The first-order chi connectivity index (χ1) is 10.4. The maximum atomic E-state index is 13.0. The Morgan fingerprint density at radius 1 is 1.36 bits per heavy atom. The van der Waals surface area contributed by atoms with Crippen molar-refractivity contribution in [1.29, 1.82) is 0 Å². The molecule has 122 valence electrons. The molecule has 0 aliphatic carbocycles. The highest BCUT2D eigenvalue weighted by Crippen LogP contribution is 2.37. The Balaban J connectivity index is 2.00. The highest BCUT2D eigenvalue weighted by Gasteiger charge is 2.50. The summed E-state index contributed by atoms with van der Waals surface area (Å²) < 4.78 is 38.1. The van der Waals surface area contributed by atoms with Crippen LogP contribution in [0.5, 0.6) is 0 Å². The van der Waals surface area contributed by atoms with E-state index < -0.39 is 21.5 Å². The molecular weight excluding hydrogens is 330 g/mol. The quantitative estimate of drug-likeness (QED) is 0.874. The van der Waals surface area contributed by atoms with Gasteiger partial charge in [0.1, 0.15) is 9.09 Å². The lowest BCUT2D eigenvalue weighted by atomic mass is 9.94. The lowest BCUT2D eigenvalue weighted by Crippen LogP contribution is -2.63. The summed E-state index contributed by atoms with van der Waals surface area (Å²) in [5.74, 6) is -1.11. The van der Waals surface area contributed by atoms with Crippen LogP contribution in [0.1, 0.15) is 21.7 Å². The zero-order valence-electron chi connectivity index (χ0n) is 12.1. The maximum Gasteiger partial charge on any atom is 0.346 e. The molecule has 22 heavy (non-hydrogen) atoms. The third-order valence-electron chi connectivity index (χ3n) is 4.05. The fraction of sp³-hybridized carbons (Fsp3) is 0.615. The van der Waals surface area contributed by atoms with Crippen LogP contribution in [0, 0.1) is 6.92 Å². The summed E-state index contributed by atoms with van der Waals surface area (Å²) in [5.41, 5.74) is -0.0996. The summed E-state index contributed by atoms with van der Waals surface area (Å²) in [6.45, 7) is 3.39. The van der Waals surface area contributed by atoms with Gasteiger partial charge in [0, 0.05) is 13.2 Å². The molecule has 9 heteroatoms. The Morgan fingerprint density at radius 3 is 2.64 bits per heavy atom. The van der Waals surface area contributed by atoms with Crippen molar-refractivity contribution in [3.05, 3.63) is 16.5 Å². The zero-order valence-corrected chi connectivity index (χ0v) is 13.7. The number of sulfonamides is 1. The summed E-state index contributed by atoms with van der Waals surface area (Å²) in [5, 5.41) is 9.12. The average molecular weight is 347 g/mol. The van der Waals surface area contributed by atoms with Crippen molar-refractivity contribution in [1.82, 2.24) is 4.31 Å². The molecule has 0 bridgehead atoms. The predicted octanol–water partition coefficient (Wildman–Crippen LogP) is 0.935. The number of nitrogens with zero attached hydrogens (tertiary/aromatic N) is 1. The first kappa shape index (κ1) is 15.9. The van der Waals surface area contributed by atoms with Crippen molar-refractivity contribution in [3.8, 4) is 0 Å². The predicted molar refractivity (Wildman–Crippen MR) is 78.9 cm³/mol. The lowest BCUT2D eigenvalue weighted by Gasteiger charge is -2.47. The molecular formula is C13H17NO6S2. The maximum absolute atomic E-state index is 13.0. The molecule has 0 unspecified atom stereocenters. The number of carbonyl (C=O) groups is 1. The summed E-state index contributed by atoms with van der Waals surface area (Å²) in [6.07, 6.45) is 0.586. The Morgan fingerprint density at radius 2 is 2.09 bits per heavy atom. The molecule has 2 fully saturated rings. The van der Waals surface area contributed by atoms with Crippen LogP contribution in [0.25, 0.3) is 0 Å². The van der Waals surface area contributed by atoms with Crippen molar-refractivity contribution in [2.45, 2.75) is 23.1 Å². The Hall–Kier alpha value is -1.00. The first-order valence-electron chi connectivity index (χ1n) is 6.89. The van der Waals surface area contributed by atoms with Crippen LogP contribution in [-0.2, 0) is 19.5 Å². The van der Waals surface area contributed by atoms with Gasteiger partial charge in [-0.1, -0.05) is 0 Å². The summed E-state index contributed by atoms with van der Waals surface area (Å²) in [6, 6.07) is 1.43. The van der Waals surface area contributed by atoms with Crippen molar-refractivity contribution in [2.75, 3.05) is 33.0 Å². The monoisotopic (exact) mass is 347 g/mol. The lowest BCUT2D eigenvalue weighted by molar-refractivity contribution is -0.111. The number of thiophene rings is 1. The number of ether oxygens (including phenoxy) is 2. The topological polar surface area (TPSA) is 93.1 Å². The van der Waals surface area contributed by atoms with Gasteiger partial charge in [-0.25, -0.2) is 13.2 Å². The molecule has 2 saturated heterocycles. The van der Waals surface area contributed by atoms with Crippen LogP contribution < -0.4 is 0 Å². The van der Waals surface area contributed by atoms with Crippen LogP contribution in [-0.4, -0.2) is 62.3 Å². The van der Waals surface area contributed by atoms with Crippen LogP contribution in [0.3, 0.4) is 0 Å². The van der Waals surface area contributed by atoms with Gasteiger partial charge in [0.2, 0.25) is 0 Å². The standard InChI is InChI=1S/C13H17NO6S2/c1-9-6-10(21-11(9)12(15)16)22(17,18)14-3-5-19-4-2-13(14)7-20-8-13/h6H,2-5,7-8H2,1H3,(H,15,16). The van der Waals surface area contributed by atoms with E-state index in [9.17, 15) is 13.2 Å². The third-order valence-corrected chi connectivity index (χ3v) is 7.73. The third kappa shape index (κ3) is 2.46. The van der Waals surface area contributed by atoms with E-state index in [1.807, 2.05) is 0 Å². The van der Waals surface area contributed by atoms with Crippen LogP contribution >= 0.6 is 11.3 Å².